The summed E-state index contributed by atoms with van der Waals surface area (Å²) < 4.78 is 68.2. The van der Waals surface area contributed by atoms with Gasteiger partial charge in [0.05, 0.1) is 26.7 Å². The second-order valence-corrected chi connectivity index (χ2v) is 11.9. The van der Waals surface area contributed by atoms with Gasteiger partial charge in [-0.05, 0) is 24.1 Å². The second-order valence-electron chi connectivity index (χ2n) is 8.07. The van der Waals surface area contributed by atoms with Gasteiger partial charge in [0.15, 0.2) is 11.5 Å². The summed E-state index contributed by atoms with van der Waals surface area (Å²) in [4.78, 5) is 8.38. The van der Waals surface area contributed by atoms with E-state index in [1.54, 1.807) is 6.92 Å². The van der Waals surface area contributed by atoms with Crippen LogP contribution in [0, 0.1) is 0 Å². The van der Waals surface area contributed by atoms with Gasteiger partial charge in [-0.3, -0.25) is 5.10 Å². The SMILES string of the molecule is CC(C)c1[nH]n2nc(C(C)CNCS(=O)(=O)[O-])nc2c1N=Nc1nc2cc(S(=O)(=O)[O-])ccc2s1.[Na+].[Na+]. The first-order chi connectivity index (χ1) is 16.3. The van der Waals surface area contributed by atoms with Gasteiger partial charge in [-0.25, -0.2) is 26.8 Å². The summed E-state index contributed by atoms with van der Waals surface area (Å²) in [7, 11) is -8.98. The predicted octanol–water partition coefficient (Wildman–Crippen LogP) is -3.69. The predicted molar refractivity (Wildman–Crippen MR) is 124 cm³/mol. The number of nitrogens with zero attached hydrogens (tertiary/aromatic N) is 6. The number of aromatic amines is 1. The molecule has 0 aliphatic heterocycles. The van der Waals surface area contributed by atoms with E-state index in [0.29, 0.717) is 27.4 Å². The Bertz CT molecular complexity index is 1650. The maximum atomic E-state index is 11.3. The zero-order valence-corrected chi connectivity index (χ0v) is 27.1. The van der Waals surface area contributed by atoms with E-state index in [-0.39, 0.29) is 87.5 Å². The van der Waals surface area contributed by atoms with Gasteiger partial charge in [-0.2, -0.15) is 4.63 Å². The molecule has 0 saturated carbocycles. The van der Waals surface area contributed by atoms with Crippen LogP contribution in [-0.4, -0.2) is 63.2 Å². The standard InChI is InChI=1S/C18H22N8O6S3.2Na/c1-9(2)14-15(17-21-16(25-26(17)24-14)10(3)7-19-8-34(27,28)29)22-23-18-20-12-6-11(35(30,31)32)4-5-13(12)33-18;;/h4-6,9-10,19,24H,7-8H2,1-3H3,(H,27,28,29)(H,30,31,32);;/q;2*+1/p-2. The minimum Gasteiger partial charge on any atom is -0.747 e. The van der Waals surface area contributed by atoms with Gasteiger partial charge in [0.1, 0.15) is 20.2 Å². The van der Waals surface area contributed by atoms with E-state index >= 15 is 0 Å². The van der Waals surface area contributed by atoms with Crippen molar-refractivity contribution < 1.29 is 85.1 Å². The third-order valence-corrected chi connectivity index (χ3v) is 7.25. The molecule has 0 saturated heterocycles. The molecule has 0 radical (unpaired) electrons. The number of hydrogen-bond acceptors (Lipinski definition) is 13. The fourth-order valence-electron chi connectivity index (χ4n) is 3.23. The molecular formula is C18H20N8Na2O6S3. The van der Waals surface area contributed by atoms with Gasteiger partial charge in [-0.15, -0.1) is 15.3 Å². The van der Waals surface area contributed by atoms with Crippen LogP contribution in [0.15, 0.2) is 33.3 Å². The zero-order chi connectivity index (χ0) is 25.5. The maximum Gasteiger partial charge on any atom is 1.00 e. The molecule has 37 heavy (non-hydrogen) atoms. The van der Waals surface area contributed by atoms with E-state index < -0.39 is 26.1 Å². The molecule has 0 bridgehead atoms. The number of H-pyrrole nitrogens is 1. The fourth-order valence-corrected chi connectivity index (χ4v) is 4.86. The third-order valence-electron chi connectivity index (χ3n) is 4.94. The summed E-state index contributed by atoms with van der Waals surface area (Å²) >= 11 is 1.17. The Morgan fingerprint density at radius 1 is 1.11 bits per heavy atom. The van der Waals surface area contributed by atoms with Crippen molar-refractivity contribution in [2.24, 2.45) is 10.2 Å². The summed E-state index contributed by atoms with van der Waals surface area (Å²) in [5, 5.41) is 18.8. The summed E-state index contributed by atoms with van der Waals surface area (Å²) in [6.07, 6.45) is 0. The van der Waals surface area contributed by atoms with E-state index in [2.05, 4.69) is 35.7 Å². The number of benzene rings is 1. The average Bonchev–Trinajstić information content (AvgIpc) is 3.42. The van der Waals surface area contributed by atoms with Crippen molar-refractivity contribution >= 4 is 58.3 Å². The van der Waals surface area contributed by atoms with Crippen molar-refractivity contribution in [2.45, 2.75) is 37.5 Å². The number of rotatable bonds is 9. The Hall–Kier alpha value is -0.830. The van der Waals surface area contributed by atoms with Crippen molar-refractivity contribution in [3.63, 3.8) is 0 Å². The van der Waals surface area contributed by atoms with Crippen LogP contribution in [0.1, 0.15) is 44.1 Å². The molecule has 0 fully saturated rings. The van der Waals surface area contributed by atoms with Gasteiger partial charge >= 0.3 is 59.1 Å². The molecule has 188 valence electrons. The van der Waals surface area contributed by atoms with Crippen molar-refractivity contribution in [3.05, 3.63) is 29.7 Å². The molecule has 0 amide bonds. The van der Waals surface area contributed by atoms with E-state index in [9.17, 15) is 25.9 Å². The van der Waals surface area contributed by atoms with E-state index in [4.69, 9.17) is 0 Å². The van der Waals surface area contributed by atoms with Crippen LogP contribution in [0.5, 0.6) is 0 Å². The molecule has 4 aromatic rings. The summed E-state index contributed by atoms with van der Waals surface area (Å²) in [5.41, 5.74) is 1.87. The number of aromatic nitrogens is 5. The third kappa shape index (κ3) is 7.86. The second kappa shape index (κ2) is 12.6. The van der Waals surface area contributed by atoms with Gasteiger partial charge in [0.25, 0.3) is 0 Å². The molecule has 14 nitrogen and oxygen atoms in total. The number of azo groups is 1. The molecule has 1 unspecified atom stereocenters. The molecule has 1 atom stereocenters. The number of fused-ring (bicyclic) bond motifs is 2. The van der Waals surface area contributed by atoms with Gasteiger partial charge in [0.2, 0.25) is 10.8 Å². The van der Waals surface area contributed by atoms with Crippen molar-refractivity contribution in [1.29, 1.82) is 0 Å². The molecule has 4 rings (SSSR count). The van der Waals surface area contributed by atoms with Gasteiger partial charge in [-0.1, -0.05) is 32.1 Å². The monoisotopic (exact) mass is 586 g/mol. The van der Waals surface area contributed by atoms with E-state index in [1.165, 1.54) is 34.2 Å². The molecule has 0 aliphatic carbocycles. The Morgan fingerprint density at radius 3 is 2.43 bits per heavy atom. The van der Waals surface area contributed by atoms with E-state index in [0.717, 1.165) is 5.69 Å². The first-order valence-corrected chi connectivity index (χ1v) is 14.0. The van der Waals surface area contributed by atoms with Crippen LogP contribution in [0.2, 0.25) is 0 Å². The first-order valence-electron chi connectivity index (χ1n) is 10.2. The van der Waals surface area contributed by atoms with Crippen LogP contribution >= 0.6 is 11.3 Å². The molecule has 19 heteroatoms. The normalized spacial score (nSPS) is 13.4. The zero-order valence-electron chi connectivity index (χ0n) is 20.7. The van der Waals surface area contributed by atoms with E-state index in [1.807, 2.05) is 13.8 Å². The van der Waals surface area contributed by atoms with Crippen LogP contribution in [-0.2, 0) is 20.2 Å². The smallest absolute Gasteiger partial charge is 0.747 e. The number of thiazole rings is 1. The molecule has 0 aliphatic rings. The molecule has 0 spiro atoms. The number of nitrogens with one attached hydrogen (secondary N) is 2. The molecule has 3 heterocycles. The summed E-state index contributed by atoms with van der Waals surface area (Å²) in [6.45, 7) is 5.85. The van der Waals surface area contributed by atoms with Gasteiger partial charge in [0, 0.05) is 12.5 Å². The largest absolute Gasteiger partial charge is 1.00 e. The fraction of sp³-hybridized carbons (Fsp3) is 0.389. The molecule has 2 N–H and O–H groups in total. The quantitative estimate of drug-likeness (QED) is 0.111. The topological polar surface area (TPSA) is 210 Å². The van der Waals surface area contributed by atoms with Crippen molar-refractivity contribution in [2.75, 3.05) is 12.4 Å². The minimum absolute atomic E-state index is 0. The van der Waals surface area contributed by atoms with Gasteiger partial charge < -0.3 is 14.4 Å². The Labute approximate surface area is 260 Å². The van der Waals surface area contributed by atoms with Crippen molar-refractivity contribution in [1.82, 2.24) is 30.1 Å². The average molecular weight is 587 g/mol. The summed E-state index contributed by atoms with van der Waals surface area (Å²) in [6, 6.07) is 3.90. The van der Waals surface area contributed by atoms with Crippen LogP contribution < -0.4 is 64.4 Å². The Morgan fingerprint density at radius 2 is 1.81 bits per heavy atom. The Balaban J connectivity index is 0.00000241. The summed E-state index contributed by atoms with van der Waals surface area (Å²) in [5.74, 6) is -0.555. The van der Waals surface area contributed by atoms with Crippen molar-refractivity contribution in [3.8, 4) is 0 Å². The van der Waals surface area contributed by atoms with Crippen LogP contribution in [0.25, 0.3) is 15.9 Å². The first kappa shape index (κ1) is 32.4. The number of hydrogen-bond donors (Lipinski definition) is 2. The molecular weight excluding hydrogens is 566 g/mol. The van der Waals surface area contributed by atoms with Crippen LogP contribution in [0.3, 0.4) is 0 Å². The molecule has 1 aromatic carbocycles. The Kier molecular flexibility index (Phi) is 11.0. The maximum absolute atomic E-state index is 11.3. The van der Waals surface area contributed by atoms with Crippen LogP contribution in [0.4, 0.5) is 10.8 Å². The minimum atomic E-state index is -4.60. The molecule has 3 aromatic heterocycles.